The van der Waals surface area contributed by atoms with E-state index in [9.17, 15) is 9.18 Å². The lowest BCUT2D eigenvalue weighted by Crippen LogP contribution is -2.31. The lowest BCUT2D eigenvalue weighted by atomic mass is 9.96. The van der Waals surface area contributed by atoms with Crippen LogP contribution in [-0.4, -0.2) is 20.9 Å². The van der Waals surface area contributed by atoms with Crippen molar-refractivity contribution in [2.75, 3.05) is 5.32 Å². The molecule has 2 aromatic heterocycles. The minimum absolute atomic E-state index is 0.220. The summed E-state index contributed by atoms with van der Waals surface area (Å²) in [5.74, 6) is -0.711. The molecule has 6 nitrogen and oxygen atoms in total. The van der Waals surface area contributed by atoms with E-state index in [4.69, 9.17) is 5.73 Å². The summed E-state index contributed by atoms with van der Waals surface area (Å²) in [5.41, 5.74) is 7.60. The average Bonchev–Trinajstić information content (AvgIpc) is 2.62. The first-order chi connectivity index (χ1) is 12.8. The number of pyridine rings is 1. The number of nitrogens with two attached hydrogens (primary N) is 1. The lowest BCUT2D eigenvalue weighted by Gasteiger charge is -2.27. The van der Waals surface area contributed by atoms with Crippen molar-refractivity contribution < 1.29 is 9.18 Å². The van der Waals surface area contributed by atoms with Crippen LogP contribution in [0.15, 0.2) is 48.9 Å². The summed E-state index contributed by atoms with van der Waals surface area (Å²) in [4.78, 5) is 24.3. The van der Waals surface area contributed by atoms with E-state index in [1.54, 1.807) is 6.20 Å². The van der Waals surface area contributed by atoms with Crippen LogP contribution in [0.4, 0.5) is 10.3 Å². The van der Waals surface area contributed by atoms with Crippen LogP contribution in [0.3, 0.4) is 0 Å². The molecule has 0 bridgehead atoms. The topological polar surface area (TPSA) is 93.8 Å². The van der Waals surface area contributed by atoms with Crippen LogP contribution in [0.5, 0.6) is 0 Å². The van der Waals surface area contributed by atoms with Crippen LogP contribution < -0.4 is 11.1 Å². The number of halogens is 1. The lowest BCUT2D eigenvalue weighted by molar-refractivity contribution is 0.100. The van der Waals surface area contributed by atoms with Crippen molar-refractivity contribution in [3.8, 4) is 11.1 Å². The van der Waals surface area contributed by atoms with Gasteiger partial charge in [-0.1, -0.05) is 6.07 Å². The fourth-order valence-corrected chi connectivity index (χ4v) is 2.91. The van der Waals surface area contributed by atoms with Crippen LogP contribution >= 0.6 is 0 Å². The van der Waals surface area contributed by atoms with Crippen LogP contribution in [0.25, 0.3) is 11.1 Å². The number of hydrogen-bond acceptors (Lipinski definition) is 5. The van der Waals surface area contributed by atoms with Gasteiger partial charge in [-0.15, -0.1) is 0 Å². The molecule has 7 heteroatoms. The maximum Gasteiger partial charge on any atom is 0.248 e. The molecule has 0 aliphatic carbocycles. The van der Waals surface area contributed by atoms with E-state index < -0.39 is 17.3 Å². The second-order valence-electron chi connectivity index (χ2n) is 6.77. The standard InChI is InChI=1S/C20H20FN5O/c1-12-5-4-8-23-17(12)20(2,3)26-19-24-10-14(11-25-19)15-9-13(18(22)27)6-7-16(15)21/h4-11H,1-3H3,(H2,22,27)(H,24,25,26). The first-order valence-electron chi connectivity index (χ1n) is 8.40. The number of nitrogens with zero attached hydrogens (tertiary/aromatic N) is 3. The van der Waals surface area contributed by atoms with Gasteiger partial charge in [-0.3, -0.25) is 9.78 Å². The summed E-state index contributed by atoms with van der Waals surface area (Å²) in [6.45, 7) is 5.95. The van der Waals surface area contributed by atoms with Crippen molar-refractivity contribution in [3.63, 3.8) is 0 Å². The van der Waals surface area contributed by atoms with E-state index in [0.29, 0.717) is 11.5 Å². The minimum Gasteiger partial charge on any atom is -0.366 e. The third kappa shape index (κ3) is 3.92. The molecule has 138 valence electrons. The number of rotatable bonds is 5. The molecule has 1 aromatic carbocycles. The molecule has 0 atom stereocenters. The fourth-order valence-electron chi connectivity index (χ4n) is 2.91. The smallest absolute Gasteiger partial charge is 0.248 e. The molecular formula is C20H20FN5O. The van der Waals surface area contributed by atoms with Crippen molar-refractivity contribution in [2.45, 2.75) is 26.3 Å². The van der Waals surface area contributed by atoms with Gasteiger partial charge in [0, 0.05) is 35.3 Å². The maximum absolute atomic E-state index is 14.1. The number of aromatic nitrogens is 3. The predicted octanol–water partition coefficient (Wildman–Crippen LogP) is 3.43. The largest absolute Gasteiger partial charge is 0.366 e. The number of primary amides is 1. The van der Waals surface area contributed by atoms with Gasteiger partial charge in [0.15, 0.2) is 0 Å². The summed E-state index contributed by atoms with van der Waals surface area (Å²) < 4.78 is 14.1. The molecule has 0 fully saturated rings. The predicted molar refractivity (Wildman–Crippen MR) is 102 cm³/mol. The molecule has 2 heterocycles. The van der Waals surface area contributed by atoms with Gasteiger partial charge < -0.3 is 11.1 Å². The van der Waals surface area contributed by atoms with E-state index in [0.717, 1.165) is 11.3 Å². The normalized spacial score (nSPS) is 11.3. The molecule has 0 aliphatic rings. The molecule has 0 saturated carbocycles. The molecule has 3 rings (SSSR count). The van der Waals surface area contributed by atoms with Crippen LogP contribution in [0.1, 0.15) is 35.5 Å². The highest BCUT2D eigenvalue weighted by Crippen LogP contribution is 2.26. The first kappa shape index (κ1) is 18.4. The number of carbonyl (C=O) groups is 1. The van der Waals surface area contributed by atoms with Crippen LogP contribution in [-0.2, 0) is 5.54 Å². The van der Waals surface area contributed by atoms with Gasteiger partial charge >= 0.3 is 0 Å². The van der Waals surface area contributed by atoms with E-state index in [1.807, 2.05) is 32.9 Å². The van der Waals surface area contributed by atoms with E-state index in [-0.39, 0.29) is 11.1 Å². The molecular weight excluding hydrogens is 345 g/mol. The number of hydrogen-bond donors (Lipinski definition) is 2. The molecule has 3 aromatic rings. The van der Waals surface area contributed by atoms with Crippen LogP contribution in [0.2, 0.25) is 0 Å². The number of carbonyl (C=O) groups excluding carboxylic acids is 1. The molecule has 0 spiro atoms. The second-order valence-corrected chi connectivity index (χ2v) is 6.77. The van der Waals surface area contributed by atoms with Crippen molar-refractivity contribution >= 4 is 11.9 Å². The van der Waals surface area contributed by atoms with Gasteiger partial charge in [-0.2, -0.15) is 0 Å². The Kier molecular flexibility index (Phi) is 4.85. The van der Waals surface area contributed by atoms with Gasteiger partial charge in [0.05, 0.1) is 11.2 Å². The molecule has 0 radical (unpaired) electrons. The quantitative estimate of drug-likeness (QED) is 0.722. The number of nitrogens with one attached hydrogen (secondary N) is 1. The van der Waals surface area contributed by atoms with Crippen LogP contribution in [0, 0.1) is 12.7 Å². The van der Waals surface area contributed by atoms with Crippen molar-refractivity contribution in [2.24, 2.45) is 5.73 Å². The van der Waals surface area contributed by atoms with Gasteiger partial charge in [0.2, 0.25) is 11.9 Å². The average molecular weight is 365 g/mol. The first-order valence-corrected chi connectivity index (χ1v) is 8.40. The molecule has 27 heavy (non-hydrogen) atoms. The summed E-state index contributed by atoms with van der Waals surface area (Å²) in [6.07, 6.45) is 4.74. The van der Waals surface area contributed by atoms with E-state index >= 15 is 0 Å². The van der Waals surface area contributed by atoms with Crippen molar-refractivity contribution in [3.05, 3.63) is 71.6 Å². The van der Waals surface area contributed by atoms with Gasteiger partial charge in [0.1, 0.15) is 5.82 Å². The second kappa shape index (κ2) is 7.11. The van der Waals surface area contributed by atoms with Gasteiger partial charge in [0.25, 0.3) is 0 Å². The Morgan fingerprint density at radius 2 is 1.85 bits per heavy atom. The number of anilines is 1. The number of benzene rings is 1. The molecule has 0 saturated heterocycles. The summed E-state index contributed by atoms with van der Waals surface area (Å²) >= 11 is 0. The Labute approximate surface area is 156 Å². The molecule has 0 aliphatic heterocycles. The zero-order valence-corrected chi connectivity index (χ0v) is 15.3. The van der Waals surface area contributed by atoms with Crippen molar-refractivity contribution in [1.82, 2.24) is 15.0 Å². The zero-order valence-electron chi connectivity index (χ0n) is 15.3. The molecule has 0 unspecified atom stereocenters. The Balaban J connectivity index is 1.87. The van der Waals surface area contributed by atoms with Crippen molar-refractivity contribution in [1.29, 1.82) is 0 Å². The fraction of sp³-hybridized carbons (Fsp3) is 0.200. The minimum atomic E-state index is -0.622. The summed E-state index contributed by atoms with van der Waals surface area (Å²) in [7, 11) is 0. The Hall–Kier alpha value is -3.35. The Morgan fingerprint density at radius 1 is 1.15 bits per heavy atom. The Bertz CT molecular complexity index is 986. The number of amides is 1. The third-order valence-corrected chi connectivity index (χ3v) is 4.24. The summed E-state index contributed by atoms with van der Waals surface area (Å²) in [6, 6.07) is 7.81. The van der Waals surface area contributed by atoms with Gasteiger partial charge in [-0.05, 0) is 50.6 Å². The van der Waals surface area contributed by atoms with Gasteiger partial charge in [-0.25, -0.2) is 14.4 Å². The SMILES string of the molecule is Cc1cccnc1C(C)(C)Nc1ncc(-c2cc(C(N)=O)ccc2F)cn1. The summed E-state index contributed by atoms with van der Waals surface area (Å²) in [5, 5.41) is 3.25. The monoisotopic (exact) mass is 365 g/mol. The van der Waals surface area contributed by atoms with E-state index in [2.05, 4.69) is 20.3 Å². The molecule has 1 amide bonds. The highest BCUT2D eigenvalue weighted by Gasteiger charge is 2.24. The maximum atomic E-state index is 14.1. The highest BCUT2D eigenvalue weighted by molar-refractivity contribution is 5.94. The van der Waals surface area contributed by atoms with E-state index in [1.165, 1.54) is 30.6 Å². The Morgan fingerprint density at radius 3 is 2.48 bits per heavy atom. The number of aryl methyl sites for hydroxylation is 1. The molecule has 3 N–H and O–H groups in total. The third-order valence-electron chi connectivity index (χ3n) is 4.24. The zero-order chi connectivity index (χ0) is 19.6. The highest BCUT2D eigenvalue weighted by atomic mass is 19.1.